The third kappa shape index (κ3) is 2.60. The Morgan fingerprint density at radius 1 is 1.38 bits per heavy atom. The summed E-state index contributed by atoms with van der Waals surface area (Å²) < 4.78 is 6.04. The Balaban J connectivity index is 2.00. The Bertz CT molecular complexity index is 225. The van der Waals surface area contributed by atoms with E-state index < -0.39 is 0 Å². The van der Waals surface area contributed by atoms with Crippen LogP contribution in [0.15, 0.2) is 0 Å². The number of hydrogen-bond acceptors (Lipinski definition) is 2. The van der Waals surface area contributed by atoms with Crippen LogP contribution in [-0.2, 0) is 4.74 Å². The molecule has 2 fully saturated rings. The van der Waals surface area contributed by atoms with Gasteiger partial charge in [-0.25, -0.2) is 0 Å². The molecule has 2 nitrogen and oxygen atoms in total. The second-order valence-corrected chi connectivity index (χ2v) is 6.03. The van der Waals surface area contributed by atoms with Crippen molar-refractivity contribution in [1.29, 1.82) is 0 Å². The Labute approximate surface area is 100 Å². The fraction of sp³-hybridized carbons (Fsp3) is 1.00. The van der Waals surface area contributed by atoms with Crippen LogP contribution in [0, 0.1) is 11.3 Å². The van der Waals surface area contributed by atoms with Crippen molar-refractivity contribution in [3.05, 3.63) is 0 Å². The highest BCUT2D eigenvalue weighted by molar-refractivity contribution is 5.00. The first-order chi connectivity index (χ1) is 7.68. The highest BCUT2D eigenvalue weighted by atomic mass is 16.5. The lowest BCUT2D eigenvalue weighted by Crippen LogP contribution is -2.43. The van der Waals surface area contributed by atoms with Gasteiger partial charge in [-0.3, -0.25) is 0 Å². The fourth-order valence-electron chi connectivity index (χ4n) is 3.19. The molecule has 1 aliphatic heterocycles. The van der Waals surface area contributed by atoms with Crippen LogP contribution in [0.25, 0.3) is 0 Å². The highest BCUT2D eigenvalue weighted by Crippen LogP contribution is 2.49. The standard InChI is InChI=1S/C14H27NO/c1-4-7-14(10-15-11(2)3)8-9-16-13(14)12-5-6-12/h11-13,15H,4-10H2,1-3H3. The summed E-state index contributed by atoms with van der Waals surface area (Å²) in [5.74, 6) is 0.878. The maximum atomic E-state index is 6.04. The van der Waals surface area contributed by atoms with E-state index in [0.29, 0.717) is 17.6 Å². The van der Waals surface area contributed by atoms with Crippen LogP contribution in [-0.4, -0.2) is 25.3 Å². The van der Waals surface area contributed by atoms with Crippen LogP contribution in [0.4, 0.5) is 0 Å². The van der Waals surface area contributed by atoms with Crippen LogP contribution in [0.3, 0.4) is 0 Å². The van der Waals surface area contributed by atoms with Crippen molar-refractivity contribution >= 4 is 0 Å². The second kappa shape index (κ2) is 5.05. The zero-order valence-electron chi connectivity index (χ0n) is 11.1. The molecule has 2 unspecified atom stereocenters. The normalized spacial score (nSPS) is 34.9. The van der Waals surface area contributed by atoms with E-state index in [1.165, 1.54) is 32.1 Å². The summed E-state index contributed by atoms with van der Waals surface area (Å²) in [6.07, 6.45) is 7.23. The van der Waals surface area contributed by atoms with Crippen molar-refractivity contribution in [3.63, 3.8) is 0 Å². The van der Waals surface area contributed by atoms with Gasteiger partial charge in [-0.1, -0.05) is 27.2 Å². The van der Waals surface area contributed by atoms with E-state index in [1.54, 1.807) is 0 Å². The molecule has 0 aromatic carbocycles. The van der Waals surface area contributed by atoms with Gasteiger partial charge >= 0.3 is 0 Å². The lowest BCUT2D eigenvalue weighted by atomic mass is 9.75. The molecule has 94 valence electrons. The predicted molar refractivity (Wildman–Crippen MR) is 67.6 cm³/mol. The minimum atomic E-state index is 0.445. The van der Waals surface area contributed by atoms with E-state index in [9.17, 15) is 0 Å². The molecule has 16 heavy (non-hydrogen) atoms. The molecule has 0 spiro atoms. The van der Waals surface area contributed by atoms with Crippen molar-refractivity contribution in [2.45, 2.75) is 65.0 Å². The average Bonchev–Trinajstić information content (AvgIpc) is 2.99. The fourth-order valence-corrected chi connectivity index (χ4v) is 3.19. The molecule has 1 saturated heterocycles. The Morgan fingerprint density at radius 2 is 2.12 bits per heavy atom. The van der Waals surface area contributed by atoms with Gasteiger partial charge in [0.2, 0.25) is 0 Å². The monoisotopic (exact) mass is 225 g/mol. The van der Waals surface area contributed by atoms with E-state index >= 15 is 0 Å². The first kappa shape index (κ1) is 12.4. The molecule has 1 aliphatic carbocycles. The van der Waals surface area contributed by atoms with Crippen LogP contribution in [0.1, 0.15) is 52.9 Å². The third-order valence-electron chi connectivity index (χ3n) is 4.16. The summed E-state index contributed by atoms with van der Waals surface area (Å²) in [7, 11) is 0. The summed E-state index contributed by atoms with van der Waals surface area (Å²) in [6.45, 7) is 8.92. The minimum absolute atomic E-state index is 0.445. The molecule has 0 aromatic rings. The summed E-state index contributed by atoms with van der Waals surface area (Å²) in [6, 6.07) is 0.592. The molecule has 1 N–H and O–H groups in total. The zero-order chi connectivity index (χ0) is 11.6. The molecule has 2 rings (SSSR count). The third-order valence-corrected chi connectivity index (χ3v) is 4.16. The Hall–Kier alpha value is -0.0800. The quantitative estimate of drug-likeness (QED) is 0.750. The molecule has 2 heteroatoms. The molecule has 0 amide bonds. The van der Waals surface area contributed by atoms with Gasteiger partial charge in [0.15, 0.2) is 0 Å². The summed E-state index contributed by atoms with van der Waals surface area (Å²) >= 11 is 0. The molecule has 2 atom stereocenters. The van der Waals surface area contributed by atoms with E-state index in [1.807, 2.05) is 0 Å². The topological polar surface area (TPSA) is 21.3 Å². The molecular weight excluding hydrogens is 198 g/mol. The van der Waals surface area contributed by atoms with Crippen LogP contribution < -0.4 is 5.32 Å². The lowest BCUT2D eigenvalue weighted by molar-refractivity contribution is 0.0253. The Kier molecular flexibility index (Phi) is 3.91. The van der Waals surface area contributed by atoms with Crippen LogP contribution in [0.5, 0.6) is 0 Å². The van der Waals surface area contributed by atoms with Gasteiger partial charge in [-0.2, -0.15) is 0 Å². The minimum Gasteiger partial charge on any atom is -0.377 e. The maximum absolute atomic E-state index is 6.04. The van der Waals surface area contributed by atoms with Gasteiger partial charge in [-0.05, 0) is 31.6 Å². The average molecular weight is 225 g/mol. The summed E-state index contributed by atoms with van der Waals surface area (Å²) in [4.78, 5) is 0. The summed E-state index contributed by atoms with van der Waals surface area (Å²) in [5.41, 5.74) is 0.445. The van der Waals surface area contributed by atoms with Gasteiger partial charge in [0.1, 0.15) is 0 Å². The molecule has 2 aliphatic rings. The van der Waals surface area contributed by atoms with Gasteiger partial charge in [0.25, 0.3) is 0 Å². The first-order valence-corrected chi connectivity index (χ1v) is 7.03. The summed E-state index contributed by atoms with van der Waals surface area (Å²) in [5, 5.41) is 3.65. The largest absolute Gasteiger partial charge is 0.377 e. The molecule has 0 bridgehead atoms. The van der Waals surface area contributed by atoms with E-state index in [-0.39, 0.29) is 0 Å². The maximum Gasteiger partial charge on any atom is 0.0672 e. The van der Waals surface area contributed by atoms with Gasteiger partial charge in [0.05, 0.1) is 6.10 Å². The van der Waals surface area contributed by atoms with Crippen molar-refractivity contribution in [2.24, 2.45) is 11.3 Å². The number of hydrogen-bond donors (Lipinski definition) is 1. The molecule has 0 aromatic heterocycles. The first-order valence-electron chi connectivity index (χ1n) is 7.03. The number of rotatable bonds is 6. The second-order valence-electron chi connectivity index (χ2n) is 6.03. The molecular formula is C14H27NO. The van der Waals surface area contributed by atoms with Crippen molar-refractivity contribution in [2.75, 3.05) is 13.2 Å². The molecule has 1 saturated carbocycles. The van der Waals surface area contributed by atoms with Crippen molar-refractivity contribution < 1.29 is 4.74 Å². The zero-order valence-corrected chi connectivity index (χ0v) is 11.1. The predicted octanol–water partition coefficient (Wildman–Crippen LogP) is 2.97. The SMILES string of the molecule is CCCC1(CNC(C)C)CCOC1C1CC1. The highest BCUT2D eigenvalue weighted by Gasteiger charge is 2.49. The van der Waals surface area contributed by atoms with Gasteiger partial charge < -0.3 is 10.1 Å². The van der Waals surface area contributed by atoms with Gasteiger partial charge in [-0.15, -0.1) is 0 Å². The number of ether oxygens (including phenoxy) is 1. The van der Waals surface area contributed by atoms with E-state index in [0.717, 1.165) is 19.1 Å². The molecule has 1 heterocycles. The van der Waals surface area contributed by atoms with Gasteiger partial charge in [0, 0.05) is 24.6 Å². The van der Waals surface area contributed by atoms with Crippen molar-refractivity contribution in [1.82, 2.24) is 5.32 Å². The van der Waals surface area contributed by atoms with Crippen molar-refractivity contribution in [3.8, 4) is 0 Å². The molecule has 0 radical (unpaired) electrons. The Morgan fingerprint density at radius 3 is 2.69 bits per heavy atom. The van der Waals surface area contributed by atoms with Crippen LogP contribution >= 0.6 is 0 Å². The number of nitrogens with one attached hydrogen (secondary N) is 1. The van der Waals surface area contributed by atoms with Crippen LogP contribution in [0.2, 0.25) is 0 Å². The van der Waals surface area contributed by atoms with E-state index in [2.05, 4.69) is 26.1 Å². The lowest BCUT2D eigenvalue weighted by Gasteiger charge is -2.35. The van der Waals surface area contributed by atoms with E-state index in [4.69, 9.17) is 4.74 Å². The smallest absolute Gasteiger partial charge is 0.0672 e.